The third-order valence-corrected chi connectivity index (χ3v) is 7.02. The van der Waals surface area contributed by atoms with Crippen LogP contribution in [0.1, 0.15) is 40.3 Å². The molecule has 0 fully saturated rings. The van der Waals surface area contributed by atoms with Crippen molar-refractivity contribution in [3.8, 4) is 11.4 Å². The second kappa shape index (κ2) is 10.7. The lowest BCUT2D eigenvalue weighted by molar-refractivity contribution is -0.118. The summed E-state index contributed by atoms with van der Waals surface area (Å²) in [6.07, 6.45) is 4.77. The molecule has 4 aromatic rings. The van der Waals surface area contributed by atoms with E-state index in [1.807, 2.05) is 66.0 Å². The summed E-state index contributed by atoms with van der Waals surface area (Å²) >= 11 is 1.35. The van der Waals surface area contributed by atoms with Gasteiger partial charge in [-0.15, -0.1) is 21.5 Å². The van der Waals surface area contributed by atoms with Crippen molar-refractivity contribution in [3.05, 3.63) is 88.4 Å². The van der Waals surface area contributed by atoms with Crippen molar-refractivity contribution >= 4 is 28.8 Å². The van der Waals surface area contributed by atoms with E-state index in [0.29, 0.717) is 17.0 Å². The van der Waals surface area contributed by atoms with Crippen LogP contribution in [0, 0.1) is 0 Å². The van der Waals surface area contributed by atoms with Gasteiger partial charge >= 0.3 is 0 Å². The van der Waals surface area contributed by atoms with Gasteiger partial charge in [0, 0.05) is 30.6 Å². The van der Waals surface area contributed by atoms with E-state index >= 15 is 0 Å². The first kappa shape index (κ1) is 23.0. The smallest absolute Gasteiger partial charge is 0.262 e. The summed E-state index contributed by atoms with van der Waals surface area (Å²) in [5, 5.41) is 16.6. The van der Waals surface area contributed by atoms with Crippen LogP contribution in [0.25, 0.3) is 11.4 Å². The second-order valence-corrected chi connectivity index (χ2v) is 9.61. The fourth-order valence-electron chi connectivity index (χ4n) is 4.36. The number of thiophene rings is 1. The summed E-state index contributed by atoms with van der Waals surface area (Å²) in [5.74, 6) is 1.32. The third-order valence-electron chi connectivity index (χ3n) is 6.15. The Hall–Kier alpha value is -3.78. The number of aromatic nitrogens is 3. The van der Waals surface area contributed by atoms with Gasteiger partial charge in [0.25, 0.3) is 5.91 Å². The highest BCUT2D eigenvalue weighted by molar-refractivity contribution is 7.12. The zero-order valence-electron chi connectivity index (χ0n) is 19.3. The van der Waals surface area contributed by atoms with Crippen molar-refractivity contribution in [2.45, 2.75) is 44.7 Å². The standard InChI is InChI=1S/C27H27N5O2S/c33-26(22(17-19-9-3-1-4-10-19)29-27(34)23-13-8-16-35-23)28-21-12-7-11-20(18-21)25-31-30-24-14-5-2-6-15-32(24)25/h1,3-4,7-13,16,18,22H,2,5-6,14-15,17H2,(H,28,33)(H,29,34). The van der Waals surface area contributed by atoms with Crippen LogP contribution in [-0.2, 0) is 24.2 Å². The Labute approximate surface area is 208 Å². The average Bonchev–Trinajstić information content (AvgIpc) is 3.50. The van der Waals surface area contributed by atoms with Gasteiger partial charge in [-0.2, -0.15) is 0 Å². The lowest BCUT2D eigenvalue weighted by Gasteiger charge is -2.19. The number of nitrogens with zero attached hydrogens (tertiary/aromatic N) is 3. The molecule has 1 unspecified atom stereocenters. The van der Waals surface area contributed by atoms with E-state index in [1.165, 1.54) is 17.8 Å². The molecule has 35 heavy (non-hydrogen) atoms. The van der Waals surface area contributed by atoms with Crippen molar-refractivity contribution in [1.82, 2.24) is 20.1 Å². The Bertz CT molecular complexity index is 1300. The largest absolute Gasteiger partial charge is 0.339 e. The van der Waals surface area contributed by atoms with E-state index in [9.17, 15) is 9.59 Å². The van der Waals surface area contributed by atoms with Crippen LogP contribution < -0.4 is 10.6 Å². The van der Waals surface area contributed by atoms with Gasteiger partial charge in [0.15, 0.2) is 5.82 Å². The molecule has 1 atom stereocenters. The Balaban J connectivity index is 1.36. The molecule has 0 bridgehead atoms. The number of nitrogens with one attached hydrogen (secondary N) is 2. The summed E-state index contributed by atoms with van der Waals surface area (Å²) in [7, 11) is 0. The Morgan fingerprint density at radius 2 is 1.86 bits per heavy atom. The Morgan fingerprint density at radius 1 is 0.971 bits per heavy atom. The average molecular weight is 486 g/mol. The van der Waals surface area contributed by atoms with E-state index in [-0.39, 0.29) is 11.8 Å². The van der Waals surface area contributed by atoms with Crippen molar-refractivity contribution in [3.63, 3.8) is 0 Å². The summed E-state index contributed by atoms with van der Waals surface area (Å²) in [5.41, 5.74) is 2.53. The molecule has 0 saturated heterocycles. The van der Waals surface area contributed by atoms with E-state index < -0.39 is 6.04 Å². The number of aryl methyl sites for hydroxylation is 1. The lowest BCUT2D eigenvalue weighted by Crippen LogP contribution is -2.45. The molecule has 2 aromatic heterocycles. The van der Waals surface area contributed by atoms with E-state index in [4.69, 9.17) is 0 Å². The molecule has 0 radical (unpaired) electrons. The molecule has 2 N–H and O–H groups in total. The first-order valence-electron chi connectivity index (χ1n) is 11.9. The third kappa shape index (κ3) is 5.49. The Kier molecular flexibility index (Phi) is 6.99. The molecule has 0 saturated carbocycles. The molecule has 0 spiro atoms. The van der Waals surface area contributed by atoms with Crippen LogP contribution in [0.2, 0.25) is 0 Å². The van der Waals surface area contributed by atoms with Gasteiger partial charge in [0.05, 0.1) is 4.88 Å². The van der Waals surface area contributed by atoms with Gasteiger partial charge in [-0.3, -0.25) is 9.59 Å². The van der Waals surface area contributed by atoms with Gasteiger partial charge in [-0.25, -0.2) is 0 Å². The van der Waals surface area contributed by atoms with Crippen LogP contribution >= 0.6 is 11.3 Å². The first-order valence-corrected chi connectivity index (χ1v) is 12.8. The molecule has 7 nitrogen and oxygen atoms in total. The van der Waals surface area contributed by atoms with Crippen LogP contribution in [0.15, 0.2) is 72.1 Å². The van der Waals surface area contributed by atoms with Gasteiger partial charge in [0.2, 0.25) is 5.91 Å². The van der Waals surface area contributed by atoms with Crippen molar-refractivity contribution in [2.75, 3.05) is 5.32 Å². The highest BCUT2D eigenvalue weighted by Crippen LogP contribution is 2.25. The number of benzene rings is 2. The van der Waals surface area contributed by atoms with Crippen molar-refractivity contribution < 1.29 is 9.59 Å². The molecular weight excluding hydrogens is 458 g/mol. The van der Waals surface area contributed by atoms with E-state index in [0.717, 1.165) is 48.6 Å². The minimum absolute atomic E-state index is 0.254. The molecule has 5 rings (SSSR count). The number of rotatable bonds is 7. The number of carbonyl (C=O) groups excluding carboxylic acids is 2. The first-order chi connectivity index (χ1) is 17.2. The second-order valence-electron chi connectivity index (χ2n) is 8.67. The minimum atomic E-state index is -0.722. The number of fused-ring (bicyclic) bond motifs is 1. The topological polar surface area (TPSA) is 88.9 Å². The molecule has 178 valence electrons. The minimum Gasteiger partial charge on any atom is -0.339 e. The molecule has 2 amide bonds. The number of carbonyl (C=O) groups is 2. The summed E-state index contributed by atoms with van der Waals surface area (Å²) in [6, 6.07) is 20.2. The molecular formula is C27H27N5O2S. The van der Waals surface area contributed by atoms with Gasteiger partial charge in [-0.05, 0) is 42.0 Å². The number of hydrogen-bond acceptors (Lipinski definition) is 5. The van der Waals surface area contributed by atoms with Crippen molar-refractivity contribution in [1.29, 1.82) is 0 Å². The molecule has 0 aliphatic carbocycles. The highest BCUT2D eigenvalue weighted by atomic mass is 32.1. The zero-order chi connectivity index (χ0) is 24.0. The maximum Gasteiger partial charge on any atom is 0.262 e. The number of amides is 2. The molecule has 3 heterocycles. The Morgan fingerprint density at radius 3 is 2.69 bits per heavy atom. The predicted octanol–water partition coefficient (Wildman–Crippen LogP) is 4.71. The molecule has 1 aliphatic heterocycles. The normalized spacial score (nSPS) is 13.9. The fraction of sp³-hybridized carbons (Fsp3) is 0.259. The quantitative estimate of drug-likeness (QED) is 0.397. The van der Waals surface area contributed by atoms with Crippen LogP contribution in [0.3, 0.4) is 0 Å². The highest BCUT2D eigenvalue weighted by Gasteiger charge is 2.23. The molecule has 8 heteroatoms. The fourth-order valence-corrected chi connectivity index (χ4v) is 4.99. The van der Waals surface area contributed by atoms with E-state index in [1.54, 1.807) is 6.07 Å². The van der Waals surface area contributed by atoms with Crippen LogP contribution in [-0.4, -0.2) is 32.6 Å². The predicted molar refractivity (Wildman–Crippen MR) is 137 cm³/mol. The number of hydrogen-bond donors (Lipinski definition) is 2. The SMILES string of the molecule is O=C(NC(Cc1ccccc1)C(=O)Nc1cccc(-c2nnc3n2CCCCC3)c1)c1cccs1. The van der Waals surface area contributed by atoms with E-state index in [2.05, 4.69) is 25.4 Å². The maximum atomic E-state index is 13.3. The van der Waals surface area contributed by atoms with Crippen LogP contribution in [0.4, 0.5) is 5.69 Å². The zero-order valence-corrected chi connectivity index (χ0v) is 20.1. The number of anilines is 1. The summed E-state index contributed by atoms with van der Waals surface area (Å²) in [4.78, 5) is 26.7. The molecule has 2 aromatic carbocycles. The van der Waals surface area contributed by atoms with Crippen molar-refractivity contribution in [2.24, 2.45) is 0 Å². The van der Waals surface area contributed by atoms with Gasteiger partial charge in [0.1, 0.15) is 11.9 Å². The van der Waals surface area contributed by atoms with Crippen LogP contribution in [0.5, 0.6) is 0 Å². The lowest BCUT2D eigenvalue weighted by atomic mass is 10.0. The molecule has 1 aliphatic rings. The summed E-state index contributed by atoms with van der Waals surface area (Å²) in [6.45, 7) is 0.905. The maximum absolute atomic E-state index is 13.3. The summed E-state index contributed by atoms with van der Waals surface area (Å²) < 4.78 is 2.19. The van der Waals surface area contributed by atoms with Gasteiger partial charge in [-0.1, -0.05) is 55.0 Å². The monoisotopic (exact) mass is 485 g/mol. The van der Waals surface area contributed by atoms with Gasteiger partial charge < -0.3 is 15.2 Å².